The van der Waals surface area contributed by atoms with E-state index >= 15 is 0 Å². The van der Waals surface area contributed by atoms with E-state index in [1.54, 1.807) is 0 Å². The fourth-order valence-corrected chi connectivity index (χ4v) is 4.94. The molecule has 0 aromatic heterocycles. The van der Waals surface area contributed by atoms with E-state index in [0.29, 0.717) is 0 Å². The summed E-state index contributed by atoms with van der Waals surface area (Å²) in [4.78, 5) is 0. The van der Waals surface area contributed by atoms with Crippen LogP contribution in [0.2, 0.25) is 32.2 Å². The van der Waals surface area contributed by atoms with Crippen molar-refractivity contribution in [3.63, 3.8) is 0 Å². The summed E-state index contributed by atoms with van der Waals surface area (Å²) in [6, 6.07) is 10.7. The Hall–Kier alpha value is -0.346. The van der Waals surface area contributed by atoms with Crippen molar-refractivity contribution in [3.8, 4) is 0 Å². The molecule has 89 valence electrons. The first-order valence-corrected chi connectivity index (χ1v) is 13.0. The Morgan fingerprint density at radius 2 is 1.50 bits per heavy atom. The van der Waals surface area contributed by atoms with Gasteiger partial charge in [0.15, 0.2) is 0 Å². The molecule has 0 N–H and O–H groups in total. The Balaban J connectivity index is 2.54. The quantitative estimate of drug-likeness (QED) is 0.681. The molecule has 1 rings (SSSR count). The van der Waals surface area contributed by atoms with Gasteiger partial charge in [0.25, 0.3) is 0 Å². The smallest absolute Gasteiger partial charge is 0.0387 e. The Morgan fingerprint density at radius 3 is 1.94 bits per heavy atom. The second-order valence-electron chi connectivity index (χ2n) is 5.55. The summed E-state index contributed by atoms with van der Waals surface area (Å²) < 4.78 is 0. The lowest BCUT2D eigenvalue weighted by Crippen LogP contribution is -2.41. The van der Waals surface area contributed by atoms with Crippen LogP contribution in [0.15, 0.2) is 24.3 Å². The monoisotopic (exact) mass is 249 g/mol. The summed E-state index contributed by atoms with van der Waals surface area (Å²) in [6.07, 6.45) is 2.44. The minimum absolute atomic E-state index is 0.0541. The normalized spacial score (nSPS) is 12.1. The highest BCUT2D eigenvalue weighted by molar-refractivity contribution is 7.31. The van der Waals surface area contributed by atoms with E-state index in [4.69, 9.17) is 0 Å². The molecule has 0 aliphatic carbocycles. The molecular weight excluding hydrogens is 224 g/mol. The molecule has 16 heavy (non-hydrogen) atoms. The van der Waals surface area contributed by atoms with Gasteiger partial charge in [-0.05, 0) is 24.0 Å². The Kier molecular flexibility index (Phi) is 5.00. The molecule has 2 heteroatoms. The van der Waals surface area contributed by atoms with Gasteiger partial charge < -0.3 is 0 Å². The summed E-state index contributed by atoms with van der Waals surface area (Å²) in [5.41, 5.74) is 2.98. The lowest BCUT2D eigenvalue weighted by atomic mass is 10.1. The largest absolute Gasteiger partial charge is 0.0733 e. The highest BCUT2D eigenvalue weighted by Gasteiger charge is 2.25. The van der Waals surface area contributed by atoms with Crippen LogP contribution in [-0.2, 0) is 12.8 Å². The fraction of sp³-hybridized carbons (Fsp3) is 0.571. The van der Waals surface area contributed by atoms with Gasteiger partial charge in [-0.25, -0.2) is 0 Å². The molecule has 0 aliphatic heterocycles. The molecule has 0 spiro atoms. The van der Waals surface area contributed by atoms with Crippen molar-refractivity contribution in [1.29, 1.82) is 0 Å². The van der Waals surface area contributed by atoms with Crippen LogP contribution < -0.4 is 0 Å². The zero-order valence-electron chi connectivity index (χ0n) is 11.4. The van der Waals surface area contributed by atoms with E-state index in [2.05, 4.69) is 57.4 Å². The van der Waals surface area contributed by atoms with Gasteiger partial charge >= 0.3 is 0 Å². The highest BCUT2D eigenvalue weighted by atomic mass is 29.2. The van der Waals surface area contributed by atoms with Crippen LogP contribution in [0, 0.1) is 0 Å². The van der Waals surface area contributed by atoms with Gasteiger partial charge in [-0.1, -0.05) is 63.4 Å². The number of hydrogen-bond acceptors (Lipinski definition) is 0. The summed E-state index contributed by atoms with van der Waals surface area (Å²) in [6.45, 7) is 12.3. The van der Waals surface area contributed by atoms with Gasteiger partial charge in [0.05, 0.1) is 0 Å². The lowest BCUT2D eigenvalue weighted by Gasteiger charge is -2.25. The van der Waals surface area contributed by atoms with Crippen molar-refractivity contribution in [2.75, 3.05) is 0 Å². The summed E-state index contributed by atoms with van der Waals surface area (Å²) in [5.74, 6) is 0. The maximum absolute atomic E-state index is 2.56. The van der Waals surface area contributed by atoms with Crippen molar-refractivity contribution in [1.82, 2.24) is 0 Å². The number of rotatable bonds is 5. The molecule has 1 radical (unpaired) electrons. The van der Waals surface area contributed by atoms with Crippen LogP contribution >= 0.6 is 0 Å². The standard InChI is InChI=1S/C14H25Si2/c1-6-13-7-9-14(10-8-13)11-12-16(4,5)15(2)3/h7-10H,6,11-12H2,1-5H3. The zero-order valence-corrected chi connectivity index (χ0v) is 13.4. The fourth-order valence-electron chi connectivity index (χ4n) is 1.65. The molecule has 0 amide bonds. The molecule has 0 saturated heterocycles. The number of benzene rings is 1. The topological polar surface area (TPSA) is 0 Å². The van der Waals surface area contributed by atoms with Crippen LogP contribution in [0.25, 0.3) is 0 Å². The van der Waals surface area contributed by atoms with Gasteiger partial charge in [-0.3, -0.25) is 0 Å². The molecule has 0 saturated carbocycles. The molecule has 0 bridgehead atoms. The van der Waals surface area contributed by atoms with Gasteiger partial charge in [-0.15, -0.1) is 0 Å². The van der Waals surface area contributed by atoms with Crippen LogP contribution in [0.3, 0.4) is 0 Å². The van der Waals surface area contributed by atoms with Crippen LogP contribution in [0.4, 0.5) is 0 Å². The Labute approximate surface area is 103 Å². The maximum atomic E-state index is 2.56. The highest BCUT2D eigenvalue weighted by Crippen LogP contribution is 2.17. The zero-order chi connectivity index (χ0) is 12.2. The molecular formula is C14H25Si2. The average Bonchev–Trinajstić information content (AvgIpc) is 2.27. The molecule has 0 unspecified atom stereocenters. The molecule has 0 aliphatic rings. The molecule has 0 atom stereocenters. The number of hydrogen-bond donors (Lipinski definition) is 0. The minimum atomic E-state index is -0.884. The predicted octanol–water partition coefficient (Wildman–Crippen LogP) is 4.33. The molecule has 0 fully saturated rings. The van der Waals surface area contributed by atoms with E-state index in [9.17, 15) is 0 Å². The lowest BCUT2D eigenvalue weighted by molar-refractivity contribution is 1.08. The van der Waals surface area contributed by atoms with Gasteiger partial charge in [0.2, 0.25) is 0 Å². The molecule has 1 aromatic rings. The summed E-state index contributed by atoms with van der Waals surface area (Å²) in [5, 5.41) is 0. The van der Waals surface area contributed by atoms with Crippen molar-refractivity contribution in [3.05, 3.63) is 35.4 Å². The van der Waals surface area contributed by atoms with Crippen molar-refractivity contribution < 1.29 is 0 Å². The van der Waals surface area contributed by atoms with Gasteiger partial charge in [0.1, 0.15) is 0 Å². The second-order valence-corrected chi connectivity index (χ2v) is 18.9. The third-order valence-corrected chi connectivity index (χ3v) is 16.9. The van der Waals surface area contributed by atoms with Crippen molar-refractivity contribution in [2.45, 2.75) is 52.0 Å². The first kappa shape index (κ1) is 13.7. The Bertz CT molecular complexity index is 312. The van der Waals surface area contributed by atoms with Crippen molar-refractivity contribution in [2.24, 2.45) is 0 Å². The van der Waals surface area contributed by atoms with E-state index < -0.39 is 7.59 Å². The van der Waals surface area contributed by atoms with Crippen LogP contribution in [-0.4, -0.2) is 15.9 Å². The predicted molar refractivity (Wildman–Crippen MR) is 79.3 cm³/mol. The first-order chi connectivity index (χ1) is 7.45. The molecule has 0 heterocycles. The number of aryl methyl sites for hydroxylation is 2. The SMILES string of the molecule is CCc1ccc(CC[Si](C)(C)[Si](C)C)cc1. The van der Waals surface area contributed by atoms with Gasteiger partial charge in [-0.2, -0.15) is 0 Å². The first-order valence-electron chi connectivity index (χ1n) is 6.34. The second kappa shape index (κ2) is 5.83. The molecule has 1 aromatic carbocycles. The third-order valence-electron chi connectivity index (χ3n) is 3.82. The van der Waals surface area contributed by atoms with E-state index in [-0.39, 0.29) is 8.31 Å². The average molecular weight is 250 g/mol. The summed E-state index contributed by atoms with van der Waals surface area (Å²) >= 11 is 0. The van der Waals surface area contributed by atoms with Crippen LogP contribution in [0.1, 0.15) is 18.1 Å². The molecule has 0 nitrogen and oxygen atoms in total. The summed E-state index contributed by atoms with van der Waals surface area (Å²) in [7, 11) is -0.938. The van der Waals surface area contributed by atoms with E-state index in [1.807, 2.05) is 0 Å². The van der Waals surface area contributed by atoms with E-state index in [0.717, 1.165) is 6.42 Å². The van der Waals surface area contributed by atoms with Gasteiger partial charge in [0, 0.05) is 15.9 Å². The van der Waals surface area contributed by atoms with E-state index in [1.165, 1.54) is 23.6 Å². The van der Waals surface area contributed by atoms with Crippen molar-refractivity contribution >= 4 is 15.9 Å². The third kappa shape index (κ3) is 3.91. The maximum Gasteiger partial charge on any atom is 0.0387 e. The minimum Gasteiger partial charge on any atom is -0.0733 e. The Morgan fingerprint density at radius 1 is 1.00 bits per heavy atom. The van der Waals surface area contributed by atoms with Crippen LogP contribution in [0.5, 0.6) is 0 Å².